The number of hydrogen-bond acceptors (Lipinski definition) is 4. The molecule has 5 rings (SSSR count). The van der Waals surface area contributed by atoms with Crippen molar-refractivity contribution in [2.24, 2.45) is 28.9 Å². The van der Waals surface area contributed by atoms with Crippen LogP contribution in [0.25, 0.3) is 0 Å². The molecule has 1 atom stereocenters. The Hall–Kier alpha value is -1.27. The Labute approximate surface area is 175 Å². The van der Waals surface area contributed by atoms with Gasteiger partial charge in [0.1, 0.15) is 0 Å². The number of carbonyl (C=O) groups excluding carboxylic acids is 1. The summed E-state index contributed by atoms with van der Waals surface area (Å²) in [6.07, 6.45) is 8.63. The average molecular weight is 451 g/mol. The maximum atomic E-state index is 11.0. The molecule has 1 amide bonds. The molecule has 4 saturated carbocycles. The normalized spacial score (nSPS) is 31.6. The van der Waals surface area contributed by atoms with Crippen LogP contribution in [0.2, 0.25) is 0 Å². The molecule has 4 bridgehead atoms. The molecule has 0 spiro atoms. The number of primary amides is 1. The molecule has 4 aliphatic carbocycles. The van der Waals surface area contributed by atoms with Gasteiger partial charge in [-0.3, -0.25) is 4.79 Å². The third kappa shape index (κ3) is 3.90. The highest BCUT2D eigenvalue weighted by Gasteiger charge is 2.52. The molecular weight excluding hydrogens is 420 g/mol. The Bertz CT molecular complexity index is 716. The van der Waals surface area contributed by atoms with Crippen LogP contribution < -0.4 is 20.5 Å². The molecule has 5 nitrogen and oxygen atoms in total. The second-order valence-corrected chi connectivity index (χ2v) is 10.1. The largest absolute Gasteiger partial charge is 0.493 e. The molecule has 1 unspecified atom stereocenters. The smallest absolute Gasteiger partial charge is 0.255 e. The second kappa shape index (κ2) is 7.86. The molecular formula is C22H31BrN2O3. The van der Waals surface area contributed by atoms with E-state index in [0.717, 1.165) is 34.3 Å². The van der Waals surface area contributed by atoms with Crippen molar-refractivity contribution in [2.45, 2.75) is 58.0 Å². The fraction of sp³-hybridized carbons (Fsp3) is 0.682. The summed E-state index contributed by atoms with van der Waals surface area (Å²) in [5.74, 6) is 3.50. The molecule has 1 aromatic rings. The molecule has 1 aromatic carbocycles. The lowest BCUT2D eigenvalue weighted by atomic mass is 9.48. The van der Waals surface area contributed by atoms with Crippen LogP contribution in [0, 0.1) is 23.2 Å². The summed E-state index contributed by atoms with van der Waals surface area (Å²) >= 11 is 3.54. The van der Waals surface area contributed by atoms with Gasteiger partial charge in [0.05, 0.1) is 11.6 Å². The van der Waals surface area contributed by atoms with Gasteiger partial charge in [0, 0.05) is 12.6 Å². The summed E-state index contributed by atoms with van der Waals surface area (Å²) in [4.78, 5) is 11.0. The van der Waals surface area contributed by atoms with Crippen LogP contribution >= 0.6 is 15.9 Å². The first-order valence-electron chi connectivity index (χ1n) is 10.4. The van der Waals surface area contributed by atoms with Gasteiger partial charge in [-0.25, -0.2) is 0 Å². The van der Waals surface area contributed by atoms with Gasteiger partial charge >= 0.3 is 0 Å². The molecule has 0 aliphatic heterocycles. The van der Waals surface area contributed by atoms with Crippen molar-refractivity contribution in [1.29, 1.82) is 0 Å². The van der Waals surface area contributed by atoms with E-state index in [1.165, 1.54) is 38.5 Å². The van der Waals surface area contributed by atoms with Crippen LogP contribution in [0.3, 0.4) is 0 Å². The van der Waals surface area contributed by atoms with Crippen LogP contribution in [0.4, 0.5) is 0 Å². The van der Waals surface area contributed by atoms with E-state index in [1.54, 1.807) is 7.11 Å². The highest BCUT2D eigenvalue weighted by Crippen LogP contribution is 2.61. The first kappa shape index (κ1) is 20.0. The summed E-state index contributed by atoms with van der Waals surface area (Å²) in [6.45, 7) is 2.99. The lowest BCUT2D eigenvalue weighted by Crippen LogP contribution is -2.54. The Morgan fingerprint density at radius 3 is 2.39 bits per heavy atom. The van der Waals surface area contributed by atoms with E-state index in [9.17, 15) is 4.79 Å². The summed E-state index contributed by atoms with van der Waals surface area (Å²) in [5, 5.41) is 3.81. The van der Waals surface area contributed by atoms with Gasteiger partial charge in [0.15, 0.2) is 18.1 Å². The minimum Gasteiger partial charge on any atom is -0.493 e. The number of methoxy groups -OCH3 is 1. The lowest BCUT2D eigenvalue weighted by Gasteiger charge is -2.59. The van der Waals surface area contributed by atoms with Crippen molar-refractivity contribution in [1.82, 2.24) is 5.32 Å². The molecule has 6 heteroatoms. The minimum atomic E-state index is -0.510. The monoisotopic (exact) mass is 450 g/mol. The molecule has 4 fully saturated rings. The number of hydrogen-bond donors (Lipinski definition) is 2. The summed E-state index contributed by atoms with van der Waals surface area (Å²) in [5.41, 5.74) is 6.80. The van der Waals surface area contributed by atoms with Gasteiger partial charge in [0.2, 0.25) is 0 Å². The van der Waals surface area contributed by atoms with E-state index in [0.29, 0.717) is 23.0 Å². The number of benzene rings is 1. The SMILES string of the molecule is COc1cc(CNC(C)C23CC4CC(CC(C4)C2)C3)cc(Br)c1OCC(N)=O. The van der Waals surface area contributed by atoms with Crippen molar-refractivity contribution in [3.05, 3.63) is 22.2 Å². The number of ether oxygens (including phenoxy) is 2. The fourth-order valence-corrected chi connectivity index (χ4v) is 6.96. The number of nitrogens with two attached hydrogens (primary N) is 1. The van der Waals surface area contributed by atoms with Crippen molar-refractivity contribution in [3.8, 4) is 11.5 Å². The van der Waals surface area contributed by atoms with Gasteiger partial charge < -0.3 is 20.5 Å². The average Bonchev–Trinajstić information content (AvgIpc) is 2.63. The van der Waals surface area contributed by atoms with E-state index < -0.39 is 5.91 Å². The molecule has 0 saturated heterocycles. The van der Waals surface area contributed by atoms with E-state index in [1.807, 2.05) is 12.1 Å². The van der Waals surface area contributed by atoms with E-state index >= 15 is 0 Å². The fourth-order valence-electron chi connectivity index (χ4n) is 6.35. The van der Waals surface area contributed by atoms with E-state index in [-0.39, 0.29) is 6.61 Å². The van der Waals surface area contributed by atoms with Gasteiger partial charge in [-0.05, 0) is 102 Å². The highest BCUT2D eigenvalue weighted by molar-refractivity contribution is 9.10. The number of amides is 1. The minimum absolute atomic E-state index is 0.171. The van der Waals surface area contributed by atoms with Crippen molar-refractivity contribution in [3.63, 3.8) is 0 Å². The molecule has 0 aromatic heterocycles. The van der Waals surface area contributed by atoms with E-state index in [2.05, 4.69) is 28.2 Å². The topological polar surface area (TPSA) is 73.6 Å². The van der Waals surface area contributed by atoms with Gasteiger partial charge in [0.25, 0.3) is 5.91 Å². The number of halogens is 1. The van der Waals surface area contributed by atoms with Crippen molar-refractivity contribution < 1.29 is 14.3 Å². The Morgan fingerprint density at radius 2 is 1.86 bits per heavy atom. The Morgan fingerprint density at radius 1 is 1.25 bits per heavy atom. The van der Waals surface area contributed by atoms with Crippen molar-refractivity contribution in [2.75, 3.05) is 13.7 Å². The predicted octanol–water partition coefficient (Wildman–Crippen LogP) is 4.02. The van der Waals surface area contributed by atoms with Crippen LogP contribution in [0.1, 0.15) is 51.0 Å². The number of rotatable bonds is 8. The first-order valence-corrected chi connectivity index (χ1v) is 11.2. The Kier molecular flexibility index (Phi) is 5.62. The third-order valence-corrected chi connectivity index (χ3v) is 7.85. The molecule has 3 N–H and O–H groups in total. The lowest BCUT2D eigenvalue weighted by molar-refractivity contribution is -0.119. The van der Waals surface area contributed by atoms with Crippen LogP contribution in [0.15, 0.2) is 16.6 Å². The van der Waals surface area contributed by atoms with Crippen molar-refractivity contribution >= 4 is 21.8 Å². The molecule has 4 aliphatic rings. The Balaban J connectivity index is 1.43. The predicted molar refractivity (Wildman–Crippen MR) is 112 cm³/mol. The number of nitrogens with one attached hydrogen (secondary N) is 1. The zero-order valence-corrected chi connectivity index (χ0v) is 18.4. The summed E-state index contributed by atoms with van der Waals surface area (Å²) in [6, 6.07) is 4.51. The molecule has 28 heavy (non-hydrogen) atoms. The maximum Gasteiger partial charge on any atom is 0.255 e. The highest BCUT2D eigenvalue weighted by atomic mass is 79.9. The van der Waals surface area contributed by atoms with Crippen LogP contribution in [0.5, 0.6) is 11.5 Å². The first-order chi connectivity index (χ1) is 13.4. The number of carbonyl (C=O) groups is 1. The summed E-state index contributed by atoms with van der Waals surface area (Å²) < 4.78 is 11.7. The second-order valence-electron chi connectivity index (χ2n) is 9.25. The van der Waals surface area contributed by atoms with Gasteiger partial charge in [-0.15, -0.1) is 0 Å². The van der Waals surface area contributed by atoms with E-state index in [4.69, 9.17) is 15.2 Å². The summed E-state index contributed by atoms with van der Waals surface area (Å²) in [7, 11) is 1.61. The van der Waals surface area contributed by atoms with Crippen LogP contribution in [-0.4, -0.2) is 25.7 Å². The zero-order chi connectivity index (χ0) is 19.9. The standard InChI is InChI=1S/C22H31BrN2O3/c1-13(22-8-14-3-15(9-22)5-16(4-14)10-22)25-11-17-6-18(23)21(19(7-17)27-2)28-12-20(24)26/h6-7,13-16,25H,3-5,8-12H2,1-2H3,(H2,24,26). The molecule has 0 heterocycles. The van der Waals surface area contributed by atoms with Gasteiger partial charge in [-0.1, -0.05) is 0 Å². The van der Waals surface area contributed by atoms with Gasteiger partial charge in [-0.2, -0.15) is 0 Å². The molecule has 0 radical (unpaired) electrons. The quantitative estimate of drug-likeness (QED) is 0.627. The third-order valence-electron chi connectivity index (χ3n) is 7.26. The van der Waals surface area contributed by atoms with Crippen LogP contribution in [-0.2, 0) is 11.3 Å². The molecule has 154 valence electrons. The zero-order valence-electron chi connectivity index (χ0n) is 16.8. The maximum absolute atomic E-state index is 11.0.